The van der Waals surface area contributed by atoms with Gasteiger partial charge in [0, 0.05) is 32.0 Å². The molecule has 1 aromatic carbocycles. The fourth-order valence-electron chi connectivity index (χ4n) is 2.99. The number of nitrogens with zero attached hydrogens (tertiary/aromatic N) is 2. The zero-order valence-electron chi connectivity index (χ0n) is 13.2. The first-order valence-corrected chi connectivity index (χ1v) is 7.83. The first kappa shape index (κ1) is 15.0. The van der Waals surface area contributed by atoms with Gasteiger partial charge in [0.15, 0.2) is 11.5 Å². The predicted octanol–water partition coefficient (Wildman–Crippen LogP) is 2.35. The van der Waals surface area contributed by atoms with E-state index in [1.54, 1.807) is 0 Å². The van der Waals surface area contributed by atoms with E-state index in [1.165, 1.54) is 0 Å². The molecular weight excluding hydrogens is 278 g/mol. The van der Waals surface area contributed by atoms with Gasteiger partial charge in [-0.25, -0.2) is 4.98 Å². The van der Waals surface area contributed by atoms with Crippen molar-refractivity contribution >= 4 is 17.0 Å². The van der Waals surface area contributed by atoms with Crippen LogP contribution in [0.5, 0.6) is 0 Å². The number of nitrogens with two attached hydrogens (primary N) is 1. The third-order valence-corrected chi connectivity index (χ3v) is 4.56. The zero-order chi connectivity index (χ0) is 15.7. The average Bonchev–Trinajstić information content (AvgIpc) is 2.90. The second-order valence-corrected chi connectivity index (χ2v) is 6.77. The summed E-state index contributed by atoms with van der Waals surface area (Å²) < 4.78 is 5.66. The van der Waals surface area contributed by atoms with Crippen molar-refractivity contribution in [2.75, 3.05) is 13.1 Å². The van der Waals surface area contributed by atoms with Crippen LogP contribution in [0.25, 0.3) is 11.1 Å². The van der Waals surface area contributed by atoms with E-state index in [0.29, 0.717) is 18.7 Å². The summed E-state index contributed by atoms with van der Waals surface area (Å²) in [5.41, 5.74) is 7.71. The van der Waals surface area contributed by atoms with Crippen LogP contribution in [0.15, 0.2) is 28.7 Å². The standard InChI is InChI=1S/C17H23N3O2/c1-17(2)11-20(10-9-14(17)18)16(21)8-7-15-19-12-5-3-4-6-13(12)22-15/h3-6,14H,7-11,18H2,1-2H3. The number of benzene rings is 1. The Labute approximate surface area is 130 Å². The summed E-state index contributed by atoms with van der Waals surface area (Å²) >= 11 is 0. The third-order valence-electron chi connectivity index (χ3n) is 4.56. The second kappa shape index (κ2) is 5.72. The van der Waals surface area contributed by atoms with E-state index in [0.717, 1.165) is 30.6 Å². The highest BCUT2D eigenvalue weighted by Crippen LogP contribution is 2.28. The molecule has 1 aromatic heterocycles. The monoisotopic (exact) mass is 301 g/mol. The van der Waals surface area contributed by atoms with Crippen molar-refractivity contribution in [2.24, 2.45) is 11.1 Å². The lowest BCUT2D eigenvalue weighted by molar-refractivity contribution is -0.134. The molecule has 1 aliphatic rings. The zero-order valence-corrected chi connectivity index (χ0v) is 13.2. The normalized spacial score (nSPS) is 21.2. The SMILES string of the molecule is CC1(C)CN(C(=O)CCc2nc3ccccc3o2)CCC1N. The lowest BCUT2D eigenvalue weighted by Gasteiger charge is -2.42. The van der Waals surface area contributed by atoms with Crippen LogP contribution in [0.3, 0.4) is 0 Å². The number of hydrogen-bond donors (Lipinski definition) is 1. The summed E-state index contributed by atoms with van der Waals surface area (Å²) in [6, 6.07) is 7.81. The number of aromatic nitrogens is 1. The van der Waals surface area contributed by atoms with E-state index in [9.17, 15) is 4.79 Å². The largest absolute Gasteiger partial charge is 0.441 e. The number of oxazole rings is 1. The highest BCUT2D eigenvalue weighted by Gasteiger charge is 2.35. The first-order valence-electron chi connectivity index (χ1n) is 7.83. The van der Waals surface area contributed by atoms with Crippen molar-refractivity contribution in [3.05, 3.63) is 30.2 Å². The summed E-state index contributed by atoms with van der Waals surface area (Å²) in [7, 11) is 0. The summed E-state index contributed by atoms with van der Waals surface area (Å²) in [6.07, 6.45) is 1.83. The molecule has 1 aliphatic heterocycles. The molecular formula is C17H23N3O2. The van der Waals surface area contributed by atoms with Crippen LogP contribution in [0, 0.1) is 5.41 Å². The number of carbonyl (C=O) groups excluding carboxylic acids is 1. The highest BCUT2D eigenvalue weighted by molar-refractivity contribution is 5.77. The number of piperidine rings is 1. The molecule has 0 bridgehead atoms. The number of carbonyl (C=O) groups is 1. The molecule has 1 saturated heterocycles. The molecule has 0 saturated carbocycles. The molecule has 1 atom stereocenters. The first-order chi connectivity index (χ1) is 10.5. The molecule has 118 valence electrons. The second-order valence-electron chi connectivity index (χ2n) is 6.77. The van der Waals surface area contributed by atoms with E-state index in [2.05, 4.69) is 18.8 Å². The van der Waals surface area contributed by atoms with Crippen molar-refractivity contribution in [3.63, 3.8) is 0 Å². The Morgan fingerprint density at radius 3 is 2.95 bits per heavy atom. The minimum Gasteiger partial charge on any atom is -0.441 e. The molecule has 3 rings (SSSR count). The Hall–Kier alpha value is -1.88. The van der Waals surface area contributed by atoms with Gasteiger partial charge in [-0.15, -0.1) is 0 Å². The molecule has 0 radical (unpaired) electrons. The molecule has 1 unspecified atom stereocenters. The smallest absolute Gasteiger partial charge is 0.223 e. The Balaban J connectivity index is 1.60. The number of rotatable bonds is 3. The fourth-order valence-corrected chi connectivity index (χ4v) is 2.99. The van der Waals surface area contributed by atoms with Gasteiger partial charge in [-0.3, -0.25) is 4.79 Å². The molecule has 0 spiro atoms. The van der Waals surface area contributed by atoms with Crippen LogP contribution in [0.4, 0.5) is 0 Å². The molecule has 22 heavy (non-hydrogen) atoms. The lowest BCUT2D eigenvalue weighted by Crippen LogP contribution is -2.54. The van der Waals surface area contributed by atoms with Crippen LogP contribution < -0.4 is 5.73 Å². The molecule has 5 nitrogen and oxygen atoms in total. The fraction of sp³-hybridized carbons (Fsp3) is 0.529. The summed E-state index contributed by atoms with van der Waals surface area (Å²) in [5, 5.41) is 0. The number of amides is 1. The Bertz CT molecular complexity index is 644. The molecule has 5 heteroatoms. The number of aryl methyl sites for hydroxylation is 1. The van der Waals surface area contributed by atoms with Crippen LogP contribution in [-0.2, 0) is 11.2 Å². The quantitative estimate of drug-likeness (QED) is 0.944. The van der Waals surface area contributed by atoms with Gasteiger partial charge >= 0.3 is 0 Å². The van der Waals surface area contributed by atoms with Crippen molar-refractivity contribution in [1.29, 1.82) is 0 Å². The predicted molar refractivity (Wildman–Crippen MR) is 85.3 cm³/mol. The van der Waals surface area contributed by atoms with Gasteiger partial charge in [0.25, 0.3) is 0 Å². The number of likely N-dealkylation sites (tertiary alicyclic amines) is 1. The van der Waals surface area contributed by atoms with Crippen molar-refractivity contribution < 1.29 is 9.21 Å². The maximum Gasteiger partial charge on any atom is 0.223 e. The lowest BCUT2D eigenvalue weighted by atomic mass is 9.79. The minimum absolute atomic E-state index is 0.0223. The van der Waals surface area contributed by atoms with E-state index in [1.807, 2.05) is 29.2 Å². The number of fused-ring (bicyclic) bond motifs is 1. The van der Waals surface area contributed by atoms with Crippen LogP contribution in [0.2, 0.25) is 0 Å². The van der Waals surface area contributed by atoms with E-state index >= 15 is 0 Å². The highest BCUT2D eigenvalue weighted by atomic mass is 16.3. The van der Waals surface area contributed by atoms with Gasteiger partial charge in [-0.1, -0.05) is 26.0 Å². The van der Waals surface area contributed by atoms with Gasteiger partial charge < -0.3 is 15.1 Å². The van der Waals surface area contributed by atoms with Gasteiger partial charge in [0.05, 0.1) is 0 Å². The van der Waals surface area contributed by atoms with E-state index < -0.39 is 0 Å². The molecule has 1 amide bonds. The van der Waals surface area contributed by atoms with Gasteiger partial charge in [0.2, 0.25) is 5.91 Å². The summed E-state index contributed by atoms with van der Waals surface area (Å²) in [6.45, 7) is 5.72. The summed E-state index contributed by atoms with van der Waals surface area (Å²) in [4.78, 5) is 18.7. The van der Waals surface area contributed by atoms with Crippen molar-refractivity contribution in [1.82, 2.24) is 9.88 Å². The maximum absolute atomic E-state index is 12.4. The minimum atomic E-state index is -0.0223. The van der Waals surface area contributed by atoms with Crippen LogP contribution in [0.1, 0.15) is 32.6 Å². The Kier molecular flexibility index (Phi) is 3.91. The van der Waals surface area contributed by atoms with Gasteiger partial charge in [-0.05, 0) is 24.0 Å². The van der Waals surface area contributed by atoms with Gasteiger partial charge in [-0.2, -0.15) is 0 Å². The molecule has 2 heterocycles. The topological polar surface area (TPSA) is 72.4 Å². The number of para-hydroxylation sites is 2. The van der Waals surface area contributed by atoms with Crippen molar-refractivity contribution in [2.45, 2.75) is 39.2 Å². The average molecular weight is 301 g/mol. The number of hydrogen-bond acceptors (Lipinski definition) is 4. The summed E-state index contributed by atoms with van der Waals surface area (Å²) in [5.74, 6) is 0.782. The molecule has 0 aliphatic carbocycles. The van der Waals surface area contributed by atoms with E-state index in [4.69, 9.17) is 10.2 Å². The third kappa shape index (κ3) is 2.99. The van der Waals surface area contributed by atoms with Crippen LogP contribution >= 0.6 is 0 Å². The van der Waals surface area contributed by atoms with Crippen molar-refractivity contribution in [3.8, 4) is 0 Å². The Morgan fingerprint density at radius 2 is 2.23 bits per heavy atom. The molecule has 2 aromatic rings. The molecule has 2 N–H and O–H groups in total. The molecule has 1 fully saturated rings. The van der Waals surface area contributed by atoms with E-state index in [-0.39, 0.29) is 17.4 Å². The Morgan fingerprint density at radius 1 is 1.45 bits per heavy atom. The van der Waals surface area contributed by atoms with Crippen LogP contribution in [-0.4, -0.2) is 34.9 Å². The maximum atomic E-state index is 12.4. The van der Waals surface area contributed by atoms with Gasteiger partial charge in [0.1, 0.15) is 5.52 Å².